The van der Waals surface area contributed by atoms with Gasteiger partial charge >= 0.3 is 0 Å². The molecule has 0 saturated heterocycles. The third-order valence-corrected chi connectivity index (χ3v) is 4.31. The first-order valence-corrected chi connectivity index (χ1v) is 9.40. The van der Waals surface area contributed by atoms with Crippen LogP contribution in [0, 0.1) is 22.7 Å². The van der Waals surface area contributed by atoms with Gasteiger partial charge in [0.05, 0.1) is 14.2 Å². The molecule has 1 N–H and O–H groups in total. The average molecular weight is 417 g/mol. The van der Waals surface area contributed by atoms with E-state index in [4.69, 9.17) is 19.5 Å². The number of hydrogen-bond acceptors (Lipinski definition) is 6. The first kappa shape index (κ1) is 23.1. The summed E-state index contributed by atoms with van der Waals surface area (Å²) >= 11 is 0. The molecule has 7 heteroatoms. The van der Waals surface area contributed by atoms with Gasteiger partial charge in [-0.3, -0.25) is 4.79 Å². The molecule has 0 saturated carbocycles. The summed E-state index contributed by atoms with van der Waals surface area (Å²) in [6.45, 7) is 3.87. The molecule has 158 valence electrons. The van der Waals surface area contributed by atoms with E-state index < -0.39 is 5.91 Å². The summed E-state index contributed by atoms with van der Waals surface area (Å²) in [6.07, 6.45) is 3.63. The fourth-order valence-corrected chi connectivity index (χ4v) is 2.83. The Hall–Kier alpha value is -4.23. The van der Waals surface area contributed by atoms with E-state index in [1.807, 2.05) is 24.3 Å². The van der Waals surface area contributed by atoms with E-state index in [1.165, 1.54) is 13.2 Å². The highest BCUT2D eigenvalue weighted by molar-refractivity contribution is 6.01. The fourth-order valence-electron chi connectivity index (χ4n) is 2.83. The highest BCUT2D eigenvalue weighted by Crippen LogP contribution is 2.34. The second-order valence-corrected chi connectivity index (χ2v) is 6.35. The number of benzene rings is 2. The maximum absolute atomic E-state index is 12.5. The number of ether oxygens (including phenoxy) is 3. The smallest absolute Gasteiger partial charge is 0.262 e. The molecule has 0 radical (unpaired) electrons. The van der Waals surface area contributed by atoms with Crippen molar-refractivity contribution in [1.29, 1.82) is 10.5 Å². The molecule has 0 bridgehead atoms. The minimum Gasteiger partial charge on any atom is -0.497 e. The molecule has 0 aliphatic heterocycles. The van der Waals surface area contributed by atoms with Crippen LogP contribution in [0.5, 0.6) is 17.2 Å². The number of carbonyl (C=O) groups excluding carboxylic acids is 1. The quantitative estimate of drug-likeness (QED) is 0.360. The van der Waals surface area contributed by atoms with Crippen LogP contribution in [0.15, 0.2) is 54.6 Å². The number of allylic oxidation sites excluding steroid dienone is 1. The SMILES string of the molecule is C=CCc1cc(/C=C(/C#N)C(=O)NCc2ccc(OC)cc2)cc(OC)c1OCC#N. The molecule has 0 aliphatic rings. The molecule has 2 aromatic carbocycles. The van der Waals surface area contributed by atoms with Crippen LogP contribution in [0.3, 0.4) is 0 Å². The first-order chi connectivity index (χ1) is 15.1. The van der Waals surface area contributed by atoms with Gasteiger partial charge in [-0.25, -0.2) is 0 Å². The number of carbonyl (C=O) groups is 1. The Bertz CT molecular complexity index is 1040. The monoisotopic (exact) mass is 417 g/mol. The van der Waals surface area contributed by atoms with Crippen molar-refractivity contribution in [2.45, 2.75) is 13.0 Å². The maximum atomic E-state index is 12.5. The largest absolute Gasteiger partial charge is 0.497 e. The lowest BCUT2D eigenvalue weighted by Gasteiger charge is -2.14. The number of nitrogens with zero attached hydrogens (tertiary/aromatic N) is 2. The zero-order valence-electron chi connectivity index (χ0n) is 17.5. The van der Waals surface area contributed by atoms with Crippen LogP contribution in [-0.2, 0) is 17.8 Å². The van der Waals surface area contributed by atoms with E-state index >= 15 is 0 Å². The van der Waals surface area contributed by atoms with Gasteiger partial charge in [-0.2, -0.15) is 10.5 Å². The lowest BCUT2D eigenvalue weighted by Crippen LogP contribution is -2.23. The number of methoxy groups -OCH3 is 2. The minimum absolute atomic E-state index is 0.0502. The van der Waals surface area contributed by atoms with Crippen LogP contribution in [0.1, 0.15) is 16.7 Å². The third-order valence-electron chi connectivity index (χ3n) is 4.31. The summed E-state index contributed by atoms with van der Waals surface area (Å²) in [5.74, 6) is 1.06. The highest BCUT2D eigenvalue weighted by Gasteiger charge is 2.14. The van der Waals surface area contributed by atoms with Crippen LogP contribution in [0.2, 0.25) is 0 Å². The van der Waals surface area contributed by atoms with Gasteiger partial charge in [-0.05, 0) is 47.9 Å². The summed E-state index contributed by atoms with van der Waals surface area (Å²) in [6, 6.07) is 14.5. The molecule has 0 heterocycles. The van der Waals surface area contributed by atoms with Gasteiger partial charge in [-0.15, -0.1) is 6.58 Å². The predicted molar refractivity (Wildman–Crippen MR) is 116 cm³/mol. The van der Waals surface area contributed by atoms with Crippen LogP contribution >= 0.6 is 0 Å². The van der Waals surface area contributed by atoms with Crippen molar-refractivity contribution >= 4 is 12.0 Å². The molecule has 0 unspecified atom stereocenters. The van der Waals surface area contributed by atoms with Crippen molar-refractivity contribution < 1.29 is 19.0 Å². The predicted octanol–water partition coefficient (Wildman–Crippen LogP) is 3.56. The average Bonchev–Trinajstić information content (AvgIpc) is 2.80. The van der Waals surface area contributed by atoms with E-state index in [0.717, 1.165) is 16.9 Å². The normalized spacial score (nSPS) is 10.4. The van der Waals surface area contributed by atoms with E-state index in [0.29, 0.717) is 23.5 Å². The molecule has 31 heavy (non-hydrogen) atoms. The lowest BCUT2D eigenvalue weighted by atomic mass is 10.0. The number of amides is 1. The number of hydrogen-bond donors (Lipinski definition) is 1. The molecule has 7 nitrogen and oxygen atoms in total. The standard InChI is InChI=1S/C24H23N3O4/c1-4-5-19-12-18(14-22(30-3)23(19)31-11-10-25)13-20(15-26)24(28)27-16-17-6-8-21(29-2)9-7-17/h4,6-9,12-14H,1,5,11,16H2,2-3H3,(H,27,28)/b20-13-. The van der Waals surface area contributed by atoms with Gasteiger partial charge in [0, 0.05) is 12.1 Å². The van der Waals surface area contributed by atoms with E-state index in [1.54, 1.807) is 37.5 Å². The van der Waals surface area contributed by atoms with Crippen molar-refractivity contribution in [3.8, 4) is 29.4 Å². The molecule has 0 aromatic heterocycles. The van der Waals surface area contributed by atoms with Crippen LogP contribution in [0.4, 0.5) is 0 Å². The van der Waals surface area contributed by atoms with Crippen LogP contribution < -0.4 is 19.5 Å². The zero-order chi connectivity index (χ0) is 22.6. The van der Waals surface area contributed by atoms with Gasteiger partial charge in [0.1, 0.15) is 23.5 Å². The third kappa shape index (κ3) is 6.38. The summed E-state index contributed by atoms with van der Waals surface area (Å²) in [4.78, 5) is 12.5. The van der Waals surface area contributed by atoms with Gasteiger partial charge < -0.3 is 19.5 Å². The highest BCUT2D eigenvalue weighted by atomic mass is 16.5. The van der Waals surface area contributed by atoms with Crippen molar-refractivity contribution in [2.75, 3.05) is 20.8 Å². The van der Waals surface area contributed by atoms with Crippen molar-refractivity contribution in [3.63, 3.8) is 0 Å². The van der Waals surface area contributed by atoms with Gasteiger partial charge in [0.15, 0.2) is 18.1 Å². The fraction of sp³-hybridized carbons (Fsp3) is 0.208. The Balaban J connectivity index is 2.25. The second kappa shape index (κ2) is 11.7. The van der Waals surface area contributed by atoms with E-state index in [2.05, 4.69) is 11.9 Å². The van der Waals surface area contributed by atoms with Crippen LogP contribution in [-0.4, -0.2) is 26.7 Å². The van der Waals surface area contributed by atoms with Crippen molar-refractivity contribution in [1.82, 2.24) is 5.32 Å². The summed E-state index contributed by atoms with van der Waals surface area (Å²) < 4.78 is 16.0. The second-order valence-electron chi connectivity index (χ2n) is 6.35. The van der Waals surface area contributed by atoms with Crippen LogP contribution in [0.25, 0.3) is 6.08 Å². The van der Waals surface area contributed by atoms with Gasteiger partial charge in [0.2, 0.25) is 0 Å². The Kier molecular flexibility index (Phi) is 8.70. The molecule has 2 aromatic rings. The summed E-state index contributed by atoms with van der Waals surface area (Å²) in [5, 5.41) is 21.0. The van der Waals surface area contributed by atoms with Gasteiger partial charge in [-0.1, -0.05) is 18.2 Å². The summed E-state index contributed by atoms with van der Waals surface area (Å²) in [7, 11) is 3.06. The van der Waals surface area contributed by atoms with Crippen molar-refractivity contribution in [3.05, 3.63) is 71.3 Å². The topological polar surface area (TPSA) is 104 Å². The molecule has 2 rings (SSSR count). The Labute approximate surface area is 181 Å². The number of nitriles is 2. The first-order valence-electron chi connectivity index (χ1n) is 9.40. The Morgan fingerprint density at radius 2 is 1.90 bits per heavy atom. The lowest BCUT2D eigenvalue weighted by molar-refractivity contribution is -0.117. The minimum atomic E-state index is -0.493. The van der Waals surface area contributed by atoms with E-state index in [9.17, 15) is 10.1 Å². The molecule has 0 aliphatic carbocycles. The number of rotatable bonds is 10. The molecular formula is C24H23N3O4. The Morgan fingerprint density at radius 3 is 2.48 bits per heavy atom. The Morgan fingerprint density at radius 1 is 1.16 bits per heavy atom. The number of nitrogens with one attached hydrogen (secondary N) is 1. The molecule has 0 spiro atoms. The maximum Gasteiger partial charge on any atom is 0.262 e. The zero-order valence-corrected chi connectivity index (χ0v) is 17.5. The molecule has 1 amide bonds. The van der Waals surface area contributed by atoms with E-state index in [-0.39, 0.29) is 18.7 Å². The van der Waals surface area contributed by atoms with Gasteiger partial charge in [0.25, 0.3) is 5.91 Å². The molecule has 0 fully saturated rings. The molecular weight excluding hydrogens is 394 g/mol. The summed E-state index contributed by atoms with van der Waals surface area (Å²) in [5.41, 5.74) is 2.15. The van der Waals surface area contributed by atoms with Crippen molar-refractivity contribution in [2.24, 2.45) is 0 Å². The molecule has 0 atom stereocenters.